The van der Waals surface area contributed by atoms with Gasteiger partial charge in [-0.1, -0.05) is 0 Å². The minimum absolute atomic E-state index is 0.221. The van der Waals surface area contributed by atoms with Gasteiger partial charge in [0.15, 0.2) is 11.5 Å². The lowest BCUT2D eigenvalue weighted by molar-refractivity contribution is -0.0432. The zero-order valence-corrected chi connectivity index (χ0v) is 9.47. The molecule has 1 aliphatic heterocycles. The monoisotopic (exact) mass is 256 g/mol. The lowest BCUT2D eigenvalue weighted by atomic mass is 10.2. The molecule has 96 valence electrons. The highest BCUT2D eigenvalue weighted by atomic mass is 16.6. The molecule has 0 radical (unpaired) electrons. The number of fused-ring (bicyclic) bond motifs is 1. The van der Waals surface area contributed by atoms with Crippen molar-refractivity contribution in [2.75, 3.05) is 12.3 Å². The minimum Gasteiger partial charge on any atom is -0.394 e. The van der Waals surface area contributed by atoms with E-state index >= 15 is 0 Å². The standard InChI is InChI=1S/C10H13N5O3/c11-9-8-10(13-3-12-9)15(4-14-8)7-1-5(17)6(2-16)18-7/h3-7,16-17H,1-2H2,(H2,11,12,13)/t5?,6-,7-/m1/s1/i11+1,12+1,13+1,14+1,15+1. The van der Waals surface area contributed by atoms with Crippen molar-refractivity contribution < 1.29 is 14.9 Å². The molecule has 2 aromatic rings. The molecule has 18 heavy (non-hydrogen) atoms. The molecule has 1 fully saturated rings. The van der Waals surface area contributed by atoms with E-state index in [9.17, 15) is 5.11 Å². The Morgan fingerprint density at radius 1 is 1.44 bits per heavy atom. The van der Waals surface area contributed by atoms with Crippen LogP contribution in [0.1, 0.15) is 12.6 Å². The highest BCUT2D eigenvalue weighted by Crippen LogP contribution is 2.30. The molecule has 1 unspecified atom stereocenters. The van der Waals surface area contributed by atoms with Gasteiger partial charge < -0.3 is 20.7 Å². The summed E-state index contributed by atoms with van der Waals surface area (Å²) in [6, 6.07) is 0. The third-order valence-electron chi connectivity index (χ3n) is 3.08. The third kappa shape index (κ3) is 1.62. The van der Waals surface area contributed by atoms with E-state index in [4.69, 9.17) is 15.6 Å². The summed E-state index contributed by atoms with van der Waals surface area (Å²) in [4.78, 5) is 12.1. The maximum atomic E-state index is 9.71. The van der Waals surface area contributed by atoms with Crippen LogP contribution in [-0.2, 0) is 4.74 Å². The zero-order chi connectivity index (χ0) is 12.7. The maximum absolute atomic E-state index is 9.71. The first-order valence-electron chi connectivity index (χ1n) is 5.58. The Hall–Kier alpha value is -1.77. The summed E-state index contributed by atoms with van der Waals surface area (Å²) in [5.74, 6) is 0.302. The van der Waals surface area contributed by atoms with Crippen LogP contribution in [0.15, 0.2) is 12.7 Å². The van der Waals surface area contributed by atoms with E-state index in [0.717, 1.165) is 0 Å². The Bertz CT molecular complexity index is 572. The average Bonchev–Trinajstić information content (AvgIpc) is 2.93. The molecule has 3 heterocycles. The number of nitrogen functional groups attached to an aromatic ring is 1. The summed E-state index contributed by atoms with van der Waals surface area (Å²) in [6.07, 6.45) is 1.60. The minimum atomic E-state index is -0.698. The summed E-state index contributed by atoms with van der Waals surface area (Å²) in [7, 11) is 0. The number of aliphatic hydroxyl groups excluding tert-OH is 2. The lowest BCUT2D eigenvalue weighted by Crippen LogP contribution is -2.24. The molecule has 0 saturated carbocycles. The van der Waals surface area contributed by atoms with E-state index in [0.29, 0.717) is 23.4 Å². The first kappa shape index (κ1) is 11.3. The molecule has 4 N–H and O–H groups in total. The summed E-state index contributed by atoms with van der Waals surface area (Å²) in [5, 5.41) is 18.8. The fourth-order valence-electron chi connectivity index (χ4n) is 2.13. The predicted octanol–water partition coefficient (Wildman–Crippen LogP) is -0.951. The van der Waals surface area contributed by atoms with Crippen molar-refractivity contribution in [2.24, 2.45) is 0 Å². The van der Waals surface area contributed by atoms with Gasteiger partial charge in [0, 0.05) is 6.42 Å². The van der Waals surface area contributed by atoms with Crippen molar-refractivity contribution in [1.29, 1.82) is 0 Å². The second kappa shape index (κ2) is 4.16. The quantitative estimate of drug-likeness (QED) is 0.592. The van der Waals surface area contributed by atoms with E-state index in [-0.39, 0.29) is 6.61 Å². The number of imidazole rings is 1. The molecule has 8 heteroatoms. The smallest absolute Gasteiger partial charge is 0.167 e. The van der Waals surface area contributed by atoms with E-state index in [1.54, 1.807) is 10.9 Å². The molecule has 0 spiro atoms. The number of nitrogens with two attached hydrogens (primary N) is 1. The Kier molecular flexibility index (Phi) is 2.62. The van der Waals surface area contributed by atoms with Crippen LogP contribution in [0.2, 0.25) is 0 Å². The van der Waals surface area contributed by atoms with Gasteiger partial charge in [0.2, 0.25) is 0 Å². The number of nitrogens with zero attached hydrogens (tertiary/aromatic N) is 4. The van der Waals surface area contributed by atoms with Crippen molar-refractivity contribution in [2.45, 2.75) is 24.9 Å². The molecule has 0 aromatic carbocycles. The molecule has 1 aliphatic rings. The van der Waals surface area contributed by atoms with Gasteiger partial charge in [-0.15, -0.1) is 0 Å². The number of aliphatic hydroxyl groups is 2. The molecule has 1 saturated heterocycles. The van der Waals surface area contributed by atoms with Gasteiger partial charge in [0.05, 0.1) is 19.0 Å². The average molecular weight is 256 g/mol. The number of anilines is 1. The van der Waals surface area contributed by atoms with Crippen LogP contribution in [0.3, 0.4) is 0 Å². The van der Waals surface area contributed by atoms with Gasteiger partial charge in [-0.25, -0.2) is 15.0 Å². The van der Waals surface area contributed by atoms with Crippen molar-refractivity contribution in [1.82, 2.24) is 19.5 Å². The van der Waals surface area contributed by atoms with Gasteiger partial charge in [-0.05, 0) is 0 Å². The second-order valence-corrected chi connectivity index (χ2v) is 4.20. The van der Waals surface area contributed by atoms with Gasteiger partial charge >= 0.3 is 0 Å². The van der Waals surface area contributed by atoms with Crippen LogP contribution in [0.4, 0.5) is 5.82 Å². The third-order valence-corrected chi connectivity index (χ3v) is 3.08. The number of ether oxygens (including phenoxy) is 1. The molecule has 0 aliphatic carbocycles. The normalized spacial score (nSPS) is 28.0. The first-order chi connectivity index (χ1) is 8.70. The van der Waals surface area contributed by atoms with E-state index < -0.39 is 18.4 Å². The summed E-state index contributed by atoms with van der Waals surface area (Å²) in [6.45, 7) is -0.221. The highest BCUT2D eigenvalue weighted by Gasteiger charge is 2.35. The van der Waals surface area contributed by atoms with E-state index in [2.05, 4.69) is 15.0 Å². The Morgan fingerprint density at radius 2 is 2.28 bits per heavy atom. The molecule has 3 rings (SSSR count). The molecule has 0 bridgehead atoms. The van der Waals surface area contributed by atoms with Crippen molar-refractivity contribution >= 4 is 17.0 Å². The second-order valence-electron chi connectivity index (χ2n) is 4.20. The summed E-state index contributed by atoms with van der Waals surface area (Å²) >= 11 is 0. The molecule has 3 atom stereocenters. The molecular weight excluding hydrogens is 243 g/mol. The number of hydrogen-bond donors (Lipinski definition) is 3. The van der Waals surface area contributed by atoms with Crippen molar-refractivity contribution in [3.63, 3.8) is 0 Å². The number of aromatic nitrogens is 4. The zero-order valence-electron chi connectivity index (χ0n) is 9.47. The first-order valence-corrected chi connectivity index (χ1v) is 5.58. The molecule has 2 aromatic heterocycles. The van der Waals surface area contributed by atoms with E-state index in [1.807, 2.05) is 0 Å². The van der Waals surface area contributed by atoms with Crippen LogP contribution < -0.4 is 5.73 Å². The Morgan fingerprint density at radius 3 is 3.00 bits per heavy atom. The predicted molar refractivity (Wildman–Crippen MR) is 61.4 cm³/mol. The lowest BCUT2D eigenvalue weighted by Gasteiger charge is -2.13. The Balaban J connectivity index is 1.99. The fraction of sp³-hybridized carbons (Fsp3) is 0.500. The van der Waals surface area contributed by atoms with Gasteiger partial charge in [-0.3, -0.25) is 4.57 Å². The number of hydrogen-bond acceptors (Lipinski definition) is 7. The van der Waals surface area contributed by atoms with Gasteiger partial charge in [-0.2, -0.15) is 0 Å². The topological polar surface area (TPSA) is 119 Å². The highest BCUT2D eigenvalue weighted by molar-refractivity contribution is 5.81. The van der Waals surface area contributed by atoms with E-state index in [1.165, 1.54) is 6.33 Å². The molecule has 0 amide bonds. The maximum Gasteiger partial charge on any atom is 0.167 e. The fourth-order valence-corrected chi connectivity index (χ4v) is 2.13. The van der Waals surface area contributed by atoms with Crippen LogP contribution in [0.25, 0.3) is 11.2 Å². The summed E-state index contributed by atoms with van der Waals surface area (Å²) in [5.41, 5.74) is 6.75. The van der Waals surface area contributed by atoms with Gasteiger partial charge in [0.1, 0.15) is 24.2 Å². The Labute approximate surface area is 102 Å². The van der Waals surface area contributed by atoms with Crippen molar-refractivity contribution in [3.8, 4) is 0 Å². The van der Waals surface area contributed by atoms with Crippen LogP contribution in [-0.4, -0.2) is 48.5 Å². The molecular formula is C10H13N5O3. The van der Waals surface area contributed by atoms with Gasteiger partial charge in [0.25, 0.3) is 0 Å². The SMILES string of the molecule is [15NH2]c1[15n]c[15n]c2c1[15n]c[15n]2[C@H]1CC(O)[C@@H](CO)O1. The van der Waals surface area contributed by atoms with Crippen LogP contribution >= 0.6 is 0 Å². The van der Waals surface area contributed by atoms with Crippen molar-refractivity contribution in [3.05, 3.63) is 12.7 Å². The number of rotatable bonds is 2. The largest absolute Gasteiger partial charge is 0.394 e. The molecule has 8 nitrogen and oxygen atoms in total. The van der Waals surface area contributed by atoms with Crippen LogP contribution in [0.5, 0.6) is 0 Å². The summed E-state index contributed by atoms with van der Waals surface area (Å²) < 4.78 is 7.22. The van der Waals surface area contributed by atoms with Crippen LogP contribution in [0, 0.1) is 0 Å².